The van der Waals surface area contributed by atoms with E-state index in [0.717, 1.165) is 42.7 Å². The van der Waals surface area contributed by atoms with Crippen LogP contribution in [0.15, 0.2) is 6.07 Å². The van der Waals surface area contributed by atoms with E-state index in [0.29, 0.717) is 11.2 Å². The first-order valence-corrected chi connectivity index (χ1v) is 8.79. The van der Waals surface area contributed by atoms with Gasteiger partial charge in [0.2, 0.25) is 5.91 Å². The lowest BCUT2D eigenvalue weighted by Crippen LogP contribution is -2.48. The van der Waals surface area contributed by atoms with Gasteiger partial charge in [0.15, 0.2) is 5.65 Å². The van der Waals surface area contributed by atoms with Crippen LogP contribution in [0.4, 0.5) is 0 Å². The Morgan fingerprint density at radius 3 is 2.56 bits per heavy atom. The second-order valence-electron chi connectivity index (χ2n) is 6.80. The summed E-state index contributed by atoms with van der Waals surface area (Å²) in [6.45, 7) is 7.01. The molecule has 0 saturated carbocycles. The third kappa shape index (κ3) is 3.36. The molecule has 0 unspecified atom stereocenters. The molecule has 2 aromatic heterocycles. The predicted molar refractivity (Wildman–Crippen MR) is 95.3 cm³/mol. The van der Waals surface area contributed by atoms with Gasteiger partial charge in [0.25, 0.3) is 5.91 Å². The van der Waals surface area contributed by atoms with Crippen molar-refractivity contribution in [1.29, 1.82) is 0 Å². The number of carbonyl (C=O) groups is 2. The Morgan fingerprint density at radius 2 is 1.88 bits per heavy atom. The lowest BCUT2D eigenvalue weighted by atomic mass is 10.1. The van der Waals surface area contributed by atoms with Gasteiger partial charge in [-0.05, 0) is 46.1 Å². The predicted octanol–water partition coefficient (Wildman–Crippen LogP) is 1.72. The molecule has 0 spiro atoms. The molecule has 0 bridgehead atoms. The van der Waals surface area contributed by atoms with Gasteiger partial charge in [0.1, 0.15) is 6.04 Å². The second kappa shape index (κ2) is 6.82. The Hall–Kier alpha value is -2.44. The van der Waals surface area contributed by atoms with Gasteiger partial charge in [-0.3, -0.25) is 14.3 Å². The van der Waals surface area contributed by atoms with Gasteiger partial charge in [-0.15, -0.1) is 0 Å². The molecule has 1 aliphatic rings. The van der Waals surface area contributed by atoms with Crippen molar-refractivity contribution in [2.45, 2.75) is 46.1 Å². The van der Waals surface area contributed by atoms with Crippen LogP contribution in [-0.4, -0.2) is 50.6 Å². The monoisotopic (exact) mass is 343 g/mol. The summed E-state index contributed by atoms with van der Waals surface area (Å²) in [5, 5.41) is 7.95. The fraction of sp³-hybridized carbons (Fsp3) is 0.556. The zero-order chi connectivity index (χ0) is 18.1. The van der Waals surface area contributed by atoms with Crippen molar-refractivity contribution in [1.82, 2.24) is 25.0 Å². The van der Waals surface area contributed by atoms with Crippen molar-refractivity contribution < 1.29 is 9.59 Å². The van der Waals surface area contributed by atoms with Gasteiger partial charge < -0.3 is 10.2 Å². The zero-order valence-electron chi connectivity index (χ0n) is 15.3. The fourth-order valence-electron chi connectivity index (χ4n) is 3.47. The minimum atomic E-state index is -0.550. The highest BCUT2D eigenvalue weighted by molar-refractivity contribution is 6.07. The van der Waals surface area contributed by atoms with Crippen molar-refractivity contribution in [2.24, 2.45) is 7.05 Å². The largest absolute Gasteiger partial charge is 0.341 e. The molecule has 0 aromatic carbocycles. The normalized spacial score (nSPS) is 16.1. The highest BCUT2D eigenvalue weighted by Crippen LogP contribution is 2.21. The van der Waals surface area contributed by atoms with E-state index in [1.807, 2.05) is 25.8 Å². The Bertz CT molecular complexity index is 820. The van der Waals surface area contributed by atoms with Crippen LogP contribution in [0, 0.1) is 13.8 Å². The van der Waals surface area contributed by atoms with Gasteiger partial charge in [-0.25, -0.2) is 4.98 Å². The highest BCUT2D eigenvalue weighted by Gasteiger charge is 2.25. The Balaban J connectivity index is 1.83. The molecule has 2 amide bonds. The smallest absolute Gasteiger partial charge is 0.252 e. The quantitative estimate of drug-likeness (QED) is 0.920. The van der Waals surface area contributed by atoms with Crippen LogP contribution in [-0.2, 0) is 11.8 Å². The number of fused-ring (bicyclic) bond motifs is 1. The number of pyridine rings is 1. The van der Waals surface area contributed by atoms with Crippen LogP contribution >= 0.6 is 0 Å². The van der Waals surface area contributed by atoms with Gasteiger partial charge >= 0.3 is 0 Å². The molecule has 7 heteroatoms. The molecular weight excluding hydrogens is 318 g/mol. The van der Waals surface area contributed by atoms with Crippen molar-refractivity contribution in [3.05, 3.63) is 23.0 Å². The fourth-order valence-corrected chi connectivity index (χ4v) is 3.47. The van der Waals surface area contributed by atoms with Crippen LogP contribution in [0.2, 0.25) is 0 Å². The summed E-state index contributed by atoms with van der Waals surface area (Å²) < 4.78 is 1.68. The van der Waals surface area contributed by atoms with E-state index in [1.165, 1.54) is 6.42 Å². The topological polar surface area (TPSA) is 80.1 Å². The summed E-state index contributed by atoms with van der Waals surface area (Å²) in [6.07, 6.45) is 3.23. The summed E-state index contributed by atoms with van der Waals surface area (Å²) in [5.41, 5.74) is 2.70. The molecular formula is C18H25N5O2. The molecule has 0 radical (unpaired) electrons. The summed E-state index contributed by atoms with van der Waals surface area (Å²) in [7, 11) is 1.81. The van der Waals surface area contributed by atoms with Crippen molar-refractivity contribution in [3.63, 3.8) is 0 Å². The van der Waals surface area contributed by atoms with Gasteiger partial charge in [0, 0.05) is 25.8 Å². The zero-order valence-corrected chi connectivity index (χ0v) is 15.3. The number of carbonyl (C=O) groups excluding carboxylic acids is 2. The molecule has 1 aliphatic heterocycles. The van der Waals surface area contributed by atoms with Crippen LogP contribution in [0.1, 0.15) is 47.9 Å². The third-order valence-corrected chi connectivity index (χ3v) is 4.73. The molecule has 1 atom stereocenters. The van der Waals surface area contributed by atoms with Gasteiger partial charge in [-0.1, -0.05) is 0 Å². The maximum atomic E-state index is 12.8. The number of piperidine rings is 1. The van der Waals surface area contributed by atoms with Crippen LogP contribution in [0.3, 0.4) is 0 Å². The summed E-state index contributed by atoms with van der Waals surface area (Å²) >= 11 is 0. The van der Waals surface area contributed by atoms with Crippen molar-refractivity contribution >= 4 is 22.8 Å². The molecule has 1 fully saturated rings. The molecule has 3 rings (SSSR count). The number of hydrogen-bond donors (Lipinski definition) is 1. The lowest BCUT2D eigenvalue weighted by molar-refractivity contribution is -0.133. The van der Waals surface area contributed by atoms with Crippen LogP contribution < -0.4 is 5.32 Å². The minimum absolute atomic E-state index is 0.0158. The van der Waals surface area contributed by atoms with Crippen molar-refractivity contribution in [2.75, 3.05) is 13.1 Å². The Morgan fingerprint density at radius 1 is 1.20 bits per heavy atom. The number of aromatic nitrogens is 3. The molecule has 0 aliphatic carbocycles. The Labute approximate surface area is 147 Å². The van der Waals surface area contributed by atoms with Crippen LogP contribution in [0.25, 0.3) is 11.0 Å². The molecule has 3 heterocycles. The molecule has 1 saturated heterocycles. The van der Waals surface area contributed by atoms with Crippen LogP contribution in [0.5, 0.6) is 0 Å². The summed E-state index contributed by atoms with van der Waals surface area (Å²) in [4.78, 5) is 31.7. The standard InChI is InChI=1S/C18H25N5O2/c1-11-10-14(15-12(2)21-22(4)16(15)19-11)17(24)20-13(3)18(25)23-8-6-5-7-9-23/h10,13H,5-9H2,1-4H3,(H,20,24)/t13-/m0/s1. The minimum Gasteiger partial charge on any atom is -0.341 e. The van der Waals surface area contributed by atoms with E-state index in [4.69, 9.17) is 0 Å². The lowest BCUT2D eigenvalue weighted by Gasteiger charge is -2.29. The first-order chi connectivity index (χ1) is 11.9. The summed E-state index contributed by atoms with van der Waals surface area (Å²) in [6, 6.07) is 1.20. The summed E-state index contributed by atoms with van der Waals surface area (Å²) in [5.74, 6) is -0.276. The maximum absolute atomic E-state index is 12.8. The van der Waals surface area contributed by atoms with Gasteiger partial charge in [-0.2, -0.15) is 5.10 Å². The van der Waals surface area contributed by atoms with E-state index >= 15 is 0 Å². The van der Waals surface area contributed by atoms with E-state index in [9.17, 15) is 9.59 Å². The molecule has 1 N–H and O–H groups in total. The number of rotatable bonds is 3. The molecule has 25 heavy (non-hydrogen) atoms. The number of nitrogens with zero attached hydrogens (tertiary/aromatic N) is 4. The second-order valence-corrected chi connectivity index (χ2v) is 6.80. The molecule has 2 aromatic rings. The first kappa shape index (κ1) is 17.4. The first-order valence-electron chi connectivity index (χ1n) is 8.79. The molecule has 7 nitrogen and oxygen atoms in total. The highest BCUT2D eigenvalue weighted by atomic mass is 16.2. The molecule has 134 valence electrons. The van der Waals surface area contributed by atoms with E-state index < -0.39 is 6.04 Å². The van der Waals surface area contributed by atoms with E-state index in [-0.39, 0.29) is 11.8 Å². The Kier molecular flexibility index (Phi) is 4.74. The number of hydrogen-bond acceptors (Lipinski definition) is 4. The van der Waals surface area contributed by atoms with Gasteiger partial charge in [0.05, 0.1) is 16.6 Å². The third-order valence-electron chi connectivity index (χ3n) is 4.73. The number of amides is 2. The van der Waals surface area contributed by atoms with E-state index in [2.05, 4.69) is 15.4 Å². The number of likely N-dealkylation sites (tertiary alicyclic amines) is 1. The van der Waals surface area contributed by atoms with E-state index in [1.54, 1.807) is 17.7 Å². The maximum Gasteiger partial charge on any atom is 0.252 e. The number of aryl methyl sites for hydroxylation is 3. The SMILES string of the molecule is Cc1cc(C(=O)N[C@@H](C)C(=O)N2CCCCC2)c2c(C)nn(C)c2n1. The van der Waals surface area contributed by atoms with Crippen molar-refractivity contribution in [3.8, 4) is 0 Å². The number of nitrogens with one attached hydrogen (secondary N) is 1. The average molecular weight is 343 g/mol. The average Bonchev–Trinajstić information content (AvgIpc) is 2.88.